The number of methoxy groups -OCH3 is 1. The fourth-order valence-electron chi connectivity index (χ4n) is 2.04. The van der Waals surface area contributed by atoms with Crippen LogP contribution in [0.1, 0.15) is 17.2 Å². The number of hydrogen-bond acceptors (Lipinski definition) is 2. The Morgan fingerprint density at radius 3 is 2.50 bits per heavy atom. The molecule has 2 nitrogen and oxygen atoms in total. The number of Topliss-reactive ketones (excluding diaryl/α,β-unsaturated/α-hetero) is 1. The number of benzene rings is 2. The van der Waals surface area contributed by atoms with Crippen LogP contribution in [-0.2, 0) is 16.0 Å². The molecule has 0 saturated heterocycles. The minimum atomic E-state index is -0.779. The molecule has 0 heterocycles. The SMILES string of the molecule is COC(C(=O)Cc1cc(F)ccc1F)c1ccccc1. The maximum Gasteiger partial charge on any atom is 0.170 e. The van der Waals surface area contributed by atoms with Crippen LogP contribution in [0.5, 0.6) is 0 Å². The average molecular weight is 276 g/mol. The zero-order valence-electron chi connectivity index (χ0n) is 11.0. The lowest BCUT2D eigenvalue weighted by atomic mass is 9.99. The van der Waals surface area contributed by atoms with E-state index in [0.29, 0.717) is 5.56 Å². The fraction of sp³-hybridized carbons (Fsp3) is 0.188. The van der Waals surface area contributed by atoms with Crippen molar-refractivity contribution in [3.05, 3.63) is 71.3 Å². The molecule has 1 unspecified atom stereocenters. The molecule has 0 aliphatic carbocycles. The molecular formula is C16H14F2O2. The van der Waals surface area contributed by atoms with Gasteiger partial charge in [-0.05, 0) is 29.3 Å². The summed E-state index contributed by atoms with van der Waals surface area (Å²) >= 11 is 0. The lowest BCUT2D eigenvalue weighted by Crippen LogP contribution is -2.17. The number of ketones is 1. The summed E-state index contributed by atoms with van der Waals surface area (Å²) in [5.74, 6) is -1.48. The smallest absolute Gasteiger partial charge is 0.170 e. The number of halogens is 2. The summed E-state index contributed by atoms with van der Waals surface area (Å²) in [6.45, 7) is 0. The van der Waals surface area contributed by atoms with Gasteiger partial charge in [0, 0.05) is 13.5 Å². The van der Waals surface area contributed by atoms with Gasteiger partial charge in [0.25, 0.3) is 0 Å². The Morgan fingerprint density at radius 2 is 1.85 bits per heavy atom. The Labute approximate surface area is 116 Å². The standard InChI is InChI=1S/C16H14F2O2/c1-20-16(11-5-3-2-4-6-11)15(19)10-12-9-13(17)7-8-14(12)18/h2-9,16H,10H2,1H3. The first-order valence-electron chi connectivity index (χ1n) is 6.16. The van der Waals surface area contributed by atoms with E-state index >= 15 is 0 Å². The van der Waals surface area contributed by atoms with Gasteiger partial charge in [-0.15, -0.1) is 0 Å². The van der Waals surface area contributed by atoms with Crippen LogP contribution >= 0.6 is 0 Å². The Morgan fingerprint density at radius 1 is 1.15 bits per heavy atom. The quantitative estimate of drug-likeness (QED) is 0.836. The summed E-state index contributed by atoms with van der Waals surface area (Å²) in [4.78, 5) is 12.2. The van der Waals surface area contributed by atoms with Crippen molar-refractivity contribution < 1.29 is 18.3 Å². The summed E-state index contributed by atoms with van der Waals surface area (Å²) in [6.07, 6.45) is -0.990. The molecule has 0 bridgehead atoms. The highest BCUT2D eigenvalue weighted by Crippen LogP contribution is 2.20. The van der Waals surface area contributed by atoms with Crippen molar-refractivity contribution in [3.8, 4) is 0 Å². The number of rotatable bonds is 5. The molecule has 0 amide bonds. The molecule has 2 aromatic rings. The zero-order valence-corrected chi connectivity index (χ0v) is 11.0. The molecule has 0 radical (unpaired) electrons. The third-order valence-electron chi connectivity index (χ3n) is 3.00. The van der Waals surface area contributed by atoms with E-state index < -0.39 is 17.7 Å². The van der Waals surface area contributed by atoms with Crippen molar-refractivity contribution in [2.24, 2.45) is 0 Å². The monoisotopic (exact) mass is 276 g/mol. The van der Waals surface area contributed by atoms with Gasteiger partial charge in [-0.1, -0.05) is 30.3 Å². The topological polar surface area (TPSA) is 26.3 Å². The van der Waals surface area contributed by atoms with Crippen LogP contribution < -0.4 is 0 Å². The average Bonchev–Trinajstić information content (AvgIpc) is 2.45. The Hall–Kier alpha value is -2.07. The second kappa shape index (κ2) is 6.39. The van der Waals surface area contributed by atoms with E-state index in [2.05, 4.69) is 0 Å². The first-order valence-corrected chi connectivity index (χ1v) is 6.16. The van der Waals surface area contributed by atoms with E-state index in [1.165, 1.54) is 7.11 Å². The van der Waals surface area contributed by atoms with Gasteiger partial charge in [-0.3, -0.25) is 4.79 Å². The molecule has 1 atom stereocenters. The summed E-state index contributed by atoms with van der Waals surface area (Å²) in [5.41, 5.74) is 0.727. The molecule has 0 aromatic heterocycles. The highest BCUT2D eigenvalue weighted by molar-refractivity contribution is 5.86. The van der Waals surface area contributed by atoms with Gasteiger partial charge in [0.1, 0.15) is 17.7 Å². The molecule has 0 aliphatic rings. The van der Waals surface area contributed by atoms with Crippen LogP contribution in [-0.4, -0.2) is 12.9 Å². The molecule has 0 aliphatic heterocycles. The Kier molecular flexibility index (Phi) is 4.58. The zero-order chi connectivity index (χ0) is 14.5. The van der Waals surface area contributed by atoms with Gasteiger partial charge in [-0.25, -0.2) is 8.78 Å². The number of hydrogen-bond donors (Lipinski definition) is 0. The second-order valence-electron chi connectivity index (χ2n) is 4.41. The minimum Gasteiger partial charge on any atom is -0.369 e. The Balaban J connectivity index is 2.20. The van der Waals surface area contributed by atoms with E-state index in [1.807, 2.05) is 6.07 Å². The van der Waals surface area contributed by atoms with Gasteiger partial charge < -0.3 is 4.74 Å². The van der Waals surface area contributed by atoms with Gasteiger partial charge in [0.05, 0.1) is 0 Å². The summed E-state index contributed by atoms with van der Waals surface area (Å²) in [5, 5.41) is 0. The van der Waals surface area contributed by atoms with Crippen molar-refractivity contribution in [1.29, 1.82) is 0 Å². The van der Waals surface area contributed by atoms with E-state index in [4.69, 9.17) is 4.74 Å². The molecule has 4 heteroatoms. The number of carbonyl (C=O) groups is 1. The van der Waals surface area contributed by atoms with Gasteiger partial charge >= 0.3 is 0 Å². The first-order chi connectivity index (χ1) is 9.61. The summed E-state index contributed by atoms with van der Waals surface area (Å²) in [7, 11) is 1.41. The molecular weight excluding hydrogens is 262 g/mol. The number of carbonyl (C=O) groups excluding carboxylic acids is 1. The van der Waals surface area contributed by atoms with Crippen molar-refractivity contribution in [1.82, 2.24) is 0 Å². The lowest BCUT2D eigenvalue weighted by molar-refractivity contribution is -0.128. The van der Waals surface area contributed by atoms with Crippen LogP contribution in [0.25, 0.3) is 0 Å². The van der Waals surface area contributed by atoms with Crippen molar-refractivity contribution in [2.75, 3.05) is 7.11 Å². The third-order valence-corrected chi connectivity index (χ3v) is 3.00. The Bertz CT molecular complexity index is 597. The first kappa shape index (κ1) is 14.3. The van der Waals surface area contributed by atoms with Crippen LogP contribution in [0.15, 0.2) is 48.5 Å². The maximum absolute atomic E-state index is 13.5. The van der Waals surface area contributed by atoms with Crippen molar-refractivity contribution >= 4 is 5.78 Å². The molecule has 0 fully saturated rings. The normalized spacial score (nSPS) is 12.2. The molecule has 104 valence electrons. The van der Waals surface area contributed by atoms with Gasteiger partial charge in [0.2, 0.25) is 0 Å². The molecule has 2 rings (SSSR count). The molecule has 0 N–H and O–H groups in total. The van der Waals surface area contributed by atoms with Gasteiger partial charge in [0.15, 0.2) is 5.78 Å². The molecule has 0 spiro atoms. The van der Waals surface area contributed by atoms with E-state index in [0.717, 1.165) is 18.2 Å². The largest absolute Gasteiger partial charge is 0.369 e. The highest BCUT2D eigenvalue weighted by atomic mass is 19.1. The number of ether oxygens (including phenoxy) is 1. The van der Waals surface area contributed by atoms with Crippen LogP contribution in [0.4, 0.5) is 8.78 Å². The molecule has 0 saturated carbocycles. The predicted molar refractivity (Wildman–Crippen MR) is 71.3 cm³/mol. The van der Waals surface area contributed by atoms with E-state index in [9.17, 15) is 13.6 Å². The lowest BCUT2D eigenvalue weighted by Gasteiger charge is -2.14. The highest BCUT2D eigenvalue weighted by Gasteiger charge is 2.21. The van der Waals surface area contributed by atoms with E-state index in [-0.39, 0.29) is 17.8 Å². The van der Waals surface area contributed by atoms with Crippen molar-refractivity contribution in [3.63, 3.8) is 0 Å². The van der Waals surface area contributed by atoms with Crippen molar-refractivity contribution in [2.45, 2.75) is 12.5 Å². The van der Waals surface area contributed by atoms with Crippen LogP contribution in [0, 0.1) is 11.6 Å². The second-order valence-corrected chi connectivity index (χ2v) is 4.41. The summed E-state index contributed by atoms with van der Waals surface area (Å²) < 4.78 is 31.8. The predicted octanol–water partition coefficient (Wildman–Crippen LogP) is 3.46. The van der Waals surface area contributed by atoms with Crippen LogP contribution in [0.2, 0.25) is 0 Å². The minimum absolute atomic E-state index is 0.0352. The molecule has 20 heavy (non-hydrogen) atoms. The maximum atomic E-state index is 13.5. The van der Waals surface area contributed by atoms with Gasteiger partial charge in [-0.2, -0.15) is 0 Å². The third kappa shape index (κ3) is 3.27. The van der Waals surface area contributed by atoms with E-state index in [1.54, 1.807) is 24.3 Å². The molecule has 2 aromatic carbocycles. The van der Waals surface area contributed by atoms with Crippen LogP contribution in [0.3, 0.4) is 0 Å². The fourth-order valence-corrected chi connectivity index (χ4v) is 2.04. The summed E-state index contributed by atoms with van der Waals surface area (Å²) in [6, 6.07) is 12.0.